The van der Waals surface area contributed by atoms with Gasteiger partial charge in [0.1, 0.15) is 36.8 Å². The minimum atomic E-state index is -0.928. The summed E-state index contributed by atoms with van der Waals surface area (Å²) >= 11 is 0. The van der Waals surface area contributed by atoms with E-state index in [1.54, 1.807) is 57.5 Å². The van der Waals surface area contributed by atoms with Gasteiger partial charge in [-0.1, -0.05) is 100.0 Å². The molecule has 398 valence electrons. The van der Waals surface area contributed by atoms with Crippen molar-refractivity contribution in [1.82, 2.24) is 71.5 Å². The number of carbonyl (C=O) groups is 4. The fraction of sp³-hybridized carbons (Fsp3) is 0.577. The van der Waals surface area contributed by atoms with Crippen molar-refractivity contribution in [3.05, 3.63) is 60.7 Å². The van der Waals surface area contributed by atoms with E-state index in [1.807, 2.05) is 77.9 Å². The molecule has 2 fully saturated rings. The molecule has 2 aliphatic rings. The first kappa shape index (κ1) is 56.3. The molecule has 4 aromatic rings. The van der Waals surface area contributed by atoms with Crippen molar-refractivity contribution >= 4 is 23.6 Å². The number of tetrazole rings is 2. The molecule has 0 bridgehead atoms. The largest absolute Gasteiger partial charge is 0.423 e. The summed E-state index contributed by atoms with van der Waals surface area (Å²) in [7, 11) is 3.42. The second kappa shape index (κ2) is 27.3. The molecular weight excluding hydrogens is 949 g/mol. The van der Waals surface area contributed by atoms with E-state index in [0.29, 0.717) is 63.4 Å². The number of para-hydroxylation sites is 2. The first-order chi connectivity index (χ1) is 35.7. The molecule has 2 unspecified atom stereocenters. The van der Waals surface area contributed by atoms with Crippen LogP contribution in [0.4, 0.5) is 0 Å². The number of nitrogens with zero attached hydrogens (tertiary/aromatic N) is 10. The van der Waals surface area contributed by atoms with Gasteiger partial charge in [-0.15, -0.1) is 0 Å². The van der Waals surface area contributed by atoms with E-state index in [-0.39, 0.29) is 74.2 Å². The van der Waals surface area contributed by atoms with Gasteiger partial charge in [-0.25, -0.2) is 0 Å². The molecule has 2 aromatic carbocycles. The van der Waals surface area contributed by atoms with Crippen LogP contribution >= 0.6 is 0 Å². The number of carbonyl (C=O) groups excluding carboxylic acids is 4. The highest BCUT2D eigenvalue weighted by molar-refractivity contribution is 5.91. The Bertz CT molecular complexity index is 2390. The number of hydrogen-bond acceptors (Lipinski definition) is 16. The SMILES string of the molecule is CCC(NC)C(=O)N[C@H](C(=O)N1CCC[C@H]1Cn1nnnc1Oc1ccccc1)C(C)(C)COCC#CC#CCOCC(C)(C)[C@H](NC(=O)C(CC)NC)C(=O)N1CCC[C@H]1Cn1nnnc1Oc1ccccc1. The Morgan fingerprint density at radius 1 is 0.635 bits per heavy atom. The van der Waals surface area contributed by atoms with E-state index >= 15 is 0 Å². The summed E-state index contributed by atoms with van der Waals surface area (Å²) in [4.78, 5) is 59.7. The number of rotatable bonds is 26. The van der Waals surface area contributed by atoms with Gasteiger partial charge in [0.15, 0.2) is 0 Å². The zero-order chi connectivity index (χ0) is 53.1. The number of benzene rings is 2. The summed E-state index contributed by atoms with van der Waals surface area (Å²) in [5.74, 6) is 11.5. The van der Waals surface area contributed by atoms with Gasteiger partial charge in [-0.05, 0) is 110 Å². The van der Waals surface area contributed by atoms with Crippen LogP contribution in [-0.4, -0.2) is 164 Å². The molecule has 22 heteroatoms. The second-order valence-electron chi connectivity index (χ2n) is 19.7. The predicted molar refractivity (Wildman–Crippen MR) is 273 cm³/mol. The van der Waals surface area contributed by atoms with Gasteiger partial charge >= 0.3 is 12.0 Å². The molecule has 4 amide bonds. The summed E-state index contributed by atoms with van der Waals surface area (Å²) in [5.41, 5.74) is -1.71. The first-order valence-electron chi connectivity index (χ1n) is 25.3. The number of ether oxygens (including phenoxy) is 4. The molecule has 22 nitrogen and oxygen atoms in total. The molecule has 4 N–H and O–H groups in total. The zero-order valence-corrected chi connectivity index (χ0v) is 43.9. The molecule has 0 saturated carbocycles. The van der Waals surface area contributed by atoms with Crippen LogP contribution in [0.2, 0.25) is 0 Å². The molecule has 6 atom stereocenters. The van der Waals surface area contributed by atoms with Crippen LogP contribution in [0.15, 0.2) is 60.7 Å². The number of nitrogens with one attached hydrogen (secondary N) is 4. The van der Waals surface area contributed by atoms with E-state index in [4.69, 9.17) is 18.9 Å². The fourth-order valence-electron chi connectivity index (χ4n) is 9.09. The highest BCUT2D eigenvalue weighted by atomic mass is 16.5. The van der Waals surface area contributed by atoms with Crippen LogP contribution in [0.3, 0.4) is 0 Å². The predicted octanol–water partition coefficient (Wildman–Crippen LogP) is 2.98. The number of likely N-dealkylation sites (N-methyl/N-ethyl adjacent to an activating group) is 2. The summed E-state index contributed by atoms with van der Waals surface area (Å²) < 4.78 is 27.0. The van der Waals surface area contributed by atoms with Crippen LogP contribution in [0, 0.1) is 34.5 Å². The first-order valence-corrected chi connectivity index (χ1v) is 25.3. The van der Waals surface area contributed by atoms with Crippen LogP contribution in [0.5, 0.6) is 23.5 Å². The molecule has 74 heavy (non-hydrogen) atoms. The standard InChI is InChI=1S/C52H72N14O8/c1-9-41(53-7)45(67)55-43(47(69)63-29-21-23-37(63)33-65-49(57-59-61-65)73-39-25-15-13-16-26-39)51(3,4)35-71-31-19-11-12-20-32-72-36-52(5,6)44(56-46(68)42(10-2)54-8)48(70)64-30-22-24-38(64)34-66-50(58-60-62-66)74-40-27-17-14-18-28-40/h13-18,25-28,37-38,41-44,53-54H,9-10,21-24,29-36H2,1-8H3,(H,55,67)(H,56,68)/t37-,38-,41?,42?,43+,44+/m0/s1. The maximum atomic E-state index is 14.6. The lowest BCUT2D eigenvalue weighted by atomic mass is 9.83. The topological polar surface area (TPSA) is 247 Å². The minimum Gasteiger partial charge on any atom is -0.423 e. The molecule has 2 saturated heterocycles. The lowest BCUT2D eigenvalue weighted by Crippen LogP contribution is -2.60. The Balaban J connectivity index is 1.04. The molecule has 6 rings (SSSR count). The summed E-state index contributed by atoms with van der Waals surface area (Å²) in [6, 6.07) is 15.5. The summed E-state index contributed by atoms with van der Waals surface area (Å²) in [6.07, 6.45) is 4.03. The van der Waals surface area contributed by atoms with E-state index in [0.717, 1.165) is 12.8 Å². The van der Waals surface area contributed by atoms with Crippen molar-refractivity contribution in [2.24, 2.45) is 10.8 Å². The smallest absolute Gasteiger partial charge is 0.341 e. The number of amides is 4. The highest BCUT2D eigenvalue weighted by Crippen LogP contribution is 2.31. The average molecular weight is 1020 g/mol. The molecule has 2 aromatic heterocycles. The molecule has 4 heterocycles. The molecule has 0 aliphatic carbocycles. The van der Waals surface area contributed by atoms with Crippen molar-refractivity contribution in [1.29, 1.82) is 0 Å². The lowest BCUT2D eigenvalue weighted by molar-refractivity contribution is -0.142. The average Bonchev–Trinajstić information content (AvgIpc) is 4.24. The Kier molecular flexibility index (Phi) is 20.8. The fourth-order valence-corrected chi connectivity index (χ4v) is 9.09. The molecule has 0 spiro atoms. The Labute approximate surface area is 433 Å². The number of aromatic nitrogens is 8. The molecule has 2 aliphatic heterocycles. The van der Waals surface area contributed by atoms with Crippen LogP contribution < -0.4 is 30.7 Å². The van der Waals surface area contributed by atoms with Gasteiger partial charge in [0.25, 0.3) is 0 Å². The number of likely N-dealkylation sites (tertiary alicyclic amines) is 2. The summed E-state index contributed by atoms with van der Waals surface area (Å²) in [6.45, 7) is 13.2. The highest BCUT2D eigenvalue weighted by Gasteiger charge is 2.45. The third-order valence-electron chi connectivity index (χ3n) is 13.3. The van der Waals surface area contributed by atoms with Crippen molar-refractivity contribution in [3.8, 4) is 47.2 Å². The molecule has 0 radical (unpaired) electrons. The minimum absolute atomic E-state index is 0.0198. The third-order valence-corrected chi connectivity index (χ3v) is 13.3. The Morgan fingerprint density at radius 2 is 1.03 bits per heavy atom. The maximum Gasteiger partial charge on any atom is 0.341 e. The van der Waals surface area contributed by atoms with E-state index in [9.17, 15) is 19.2 Å². The Hall–Kier alpha value is -6.98. The van der Waals surface area contributed by atoms with Crippen LogP contribution in [0.1, 0.15) is 80.1 Å². The van der Waals surface area contributed by atoms with Crippen molar-refractivity contribution in [2.75, 3.05) is 53.6 Å². The van der Waals surface area contributed by atoms with Crippen LogP contribution in [-0.2, 0) is 41.7 Å². The van der Waals surface area contributed by atoms with E-state index < -0.39 is 35.0 Å². The van der Waals surface area contributed by atoms with Gasteiger partial charge in [0.05, 0.1) is 50.5 Å². The summed E-state index contributed by atoms with van der Waals surface area (Å²) in [5, 5.41) is 36.2. The molecular formula is C52H72N14O8. The van der Waals surface area contributed by atoms with Crippen molar-refractivity contribution in [3.63, 3.8) is 0 Å². The Morgan fingerprint density at radius 3 is 1.39 bits per heavy atom. The maximum absolute atomic E-state index is 14.6. The normalized spacial score (nSPS) is 17.2. The van der Waals surface area contributed by atoms with Gasteiger partial charge in [-0.3, -0.25) is 19.2 Å². The van der Waals surface area contributed by atoms with Gasteiger partial charge in [0.2, 0.25) is 23.6 Å². The number of hydrogen-bond donors (Lipinski definition) is 4. The lowest BCUT2D eigenvalue weighted by Gasteiger charge is -2.38. The van der Waals surface area contributed by atoms with E-state index in [1.165, 1.54) is 0 Å². The van der Waals surface area contributed by atoms with Gasteiger partial charge in [0, 0.05) is 23.9 Å². The van der Waals surface area contributed by atoms with Crippen molar-refractivity contribution in [2.45, 2.75) is 129 Å². The quantitative estimate of drug-likeness (QED) is 0.0522. The monoisotopic (exact) mass is 1020 g/mol. The second-order valence-corrected chi connectivity index (χ2v) is 19.7. The third kappa shape index (κ3) is 15.3. The van der Waals surface area contributed by atoms with Crippen molar-refractivity contribution < 1.29 is 38.1 Å². The van der Waals surface area contributed by atoms with Crippen LogP contribution in [0.25, 0.3) is 0 Å². The van der Waals surface area contributed by atoms with Gasteiger partial charge in [-0.2, -0.15) is 9.36 Å². The van der Waals surface area contributed by atoms with Gasteiger partial charge < -0.3 is 50.0 Å². The zero-order valence-electron chi connectivity index (χ0n) is 43.9. The van der Waals surface area contributed by atoms with E-state index in [2.05, 4.69) is 76.0 Å².